The first kappa shape index (κ1) is 31.5. The Hall–Kier alpha value is -5.13. The molecule has 7 rings (SSSR count). The lowest BCUT2D eigenvalue weighted by Crippen LogP contribution is -2.57. The van der Waals surface area contributed by atoms with E-state index in [4.69, 9.17) is 16.3 Å². The van der Waals surface area contributed by atoms with Crippen molar-refractivity contribution in [1.29, 1.82) is 0 Å². The van der Waals surface area contributed by atoms with E-state index in [1.807, 2.05) is 24.3 Å². The van der Waals surface area contributed by atoms with Crippen LogP contribution in [0.15, 0.2) is 97.2 Å². The Kier molecular flexibility index (Phi) is 7.56. The van der Waals surface area contributed by atoms with Gasteiger partial charge in [-0.05, 0) is 72.1 Å². The molecule has 2 aliphatic rings. The Balaban J connectivity index is 1.32. The number of carboxylic acids is 1. The molecule has 4 unspecified atom stereocenters. The number of ether oxygens (including phenoxy) is 1. The first-order valence-electron chi connectivity index (χ1n) is 15.0. The number of amides is 2. The van der Waals surface area contributed by atoms with Crippen LogP contribution in [-0.4, -0.2) is 33.4 Å². The second kappa shape index (κ2) is 11.5. The third-order valence-electron chi connectivity index (χ3n) is 9.21. The van der Waals surface area contributed by atoms with Crippen LogP contribution >= 0.6 is 11.6 Å². The van der Waals surface area contributed by atoms with Crippen molar-refractivity contribution in [2.45, 2.75) is 31.1 Å². The Labute approximate surface area is 277 Å². The number of halogens is 4. The van der Waals surface area contributed by atoms with Gasteiger partial charge in [-0.15, -0.1) is 0 Å². The van der Waals surface area contributed by atoms with Crippen LogP contribution in [0.2, 0.25) is 5.02 Å². The number of carbonyl (C=O) groups excluding carboxylic acids is 2. The van der Waals surface area contributed by atoms with Crippen LogP contribution in [0.3, 0.4) is 0 Å². The molecule has 4 aromatic carbocycles. The summed E-state index contributed by atoms with van der Waals surface area (Å²) in [5.74, 6) is -4.97. The summed E-state index contributed by atoms with van der Waals surface area (Å²) < 4.78 is 45.8. The minimum Gasteiger partial charge on any atom is -0.480 e. The Morgan fingerprint density at radius 1 is 0.958 bits per heavy atom. The molecule has 48 heavy (non-hydrogen) atoms. The Morgan fingerprint density at radius 3 is 2.42 bits per heavy atom. The first-order valence-corrected chi connectivity index (χ1v) is 15.4. The molecule has 244 valence electrons. The SMILES string of the molecule is Cc1ccc(N2C(=O)C3C(c4cccc(Oc5cccc(C(F)(F)F)c5)c4)NC(Cc4c[nH]c5ccccc45)(C(=O)O)C3C2=O)cc1Cl. The van der Waals surface area contributed by atoms with E-state index in [2.05, 4.69) is 10.3 Å². The number of nitrogens with one attached hydrogen (secondary N) is 2. The zero-order valence-corrected chi connectivity index (χ0v) is 26.0. The molecule has 0 aliphatic carbocycles. The number of nitrogens with zero attached hydrogens (tertiary/aromatic N) is 1. The van der Waals surface area contributed by atoms with Crippen LogP contribution in [0.4, 0.5) is 18.9 Å². The lowest BCUT2D eigenvalue weighted by Gasteiger charge is -2.31. The van der Waals surface area contributed by atoms with Crippen LogP contribution in [0.1, 0.15) is 28.3 Å². The quantitative estimate of drug-likeness (QED) is 0.155. The van der Waals surface area contributed by atoms with Crippen molar-refractivity contribution in [3.05, 3.63) is 124 Å². The van der Waals surface area contributed by atoms with Crippen molar-refractivity contribution >= 4 is 46.0 Å². The fourth-order valence-electron chi connectivity index (χ4n) is 6.92. The molecule has 0 radical (unpaired) electrons. The maximum Gasteiger partial charge on any atom is 0.416 e. The van der Waals surface area contributed by atoms with Gasteiger partial charge in [0.05, 0.1) is 23.1 Å². The monoisotopic (exact) mass is 673 g/mol. The predicted octanol–water partition coefficient (Wildman–Crippen LogP) is 7.46. The predicted molar refractivity (Wildman–Crippen MR) is 172 cm³/mol. The molecule has 5 aromatic rings. The highest BCUT2D eigenvalue weighted by atomic mass is 35.5. The standard InChI is InChI=1S/C36H27ClF3N3O5/c1-19-12-13-23(16-27(19)37)43-32(44)29-30(33(43)45)35(34(46)47,17-21-18-41-28-11-3-2-10-26(21)28)42-31(29)20-6-4-8-24(14-20)48-25-9-5-7-22(15-25)36(38,39)40/h2-16,18,29-31,41-42H,17H2,1H3,(H,46,47). The summed E-state index contributed by atoms with van der Waals surface area (Å²) in [5.41, 5.74) is -0.0127. The molecule has 12 heteroatoms. The van der Waals surface area contributed by atoms with Gasteiger partial charge >= 0.3 is 12.1 Å². The first-order chi connectivity index (χ1) is 22.9. The van der Waals surface area contributed by atoms with Gasteiger partial charge in [0.2, 0.25) is 11.8 Å². The van der Waals surface area contributed by atoms with Crippen LogP contribution in [0.25, 0.3) is 10.9 Å². The smallest absolute Gasteiger partial charge is 0.416 e. The summed E-state index contributed by atoms with van der Waals surface area (Å²) in [4.78, 5) is 46.2. The largest absolute Gasteiger partial charge is 0.480 e. The summed E-state index contributed by atoms with van der Waals surface area (Å²) in [5, 5.41) is 15.2. The van der Waals surface area contributed by atoms with E-state index in [-0.39, 0.29) is 23.6 Å². The number of alkyl halides is 3. The van der Waals surface area contributed by atoms with Gasteiger partial charge < -0.3 is 14.8 Å². The van der Waals surface area contributed by atoms with E-state index in [0.29, 0.717) is 16.1 Å². The van der Waals surface area contributed by atoms with E-state index in [1.54, 1.807) is 37.4 Å². The molecule has 2 amide bonds. The number of fused-ring (bicyclic) bond motifs is 2. The van der Waals surface area contributed by atoms with Crippen LogP contribution in [-0.2, 0) is 27.0 Å². The average Bonchev–Trinajstić information content (AvgIpc) is 3.70. The number of carboxylic acid groups (broad SMARTS) is 1. The van der Waals surface area contributed by atoms with Gasteiger partial charge in [0.1, 0.15) is 17.0 Å². The Bertz CT molecular complexity index is 2110. The molecule has 3 heterocycles. The average molecular weight is 674 g/mol. The van der Waals surface area contributed by atoms with Gasteiger partial charge in [0.25, 0.3) is 0 Å². The highest BCUT2D eigenvalue weighted by Crippen LogP contribution is 2.52. The van der Waals surface area contributed by atoms with Gasteiger partial charge in [0.15, 0.2) is 0 Å². The zero-order valence-electron chi connectivity index (χ0n) is 25.2. The van der Waals surface area contributed by atoms with Gasteiger partial charge in [-0.25, -0.2) is 4.90 Å². The minimum atomic E-state index is -4.57. The number of aromatic nitrogens is 1. The molecular weight excluding hydrogens is 647 g/mol. The molecule has 0 bridgehead atoms. The van der Waals surface area contributed by atoms with E-state index in [1.165, 1.54) is 30.3 Å². The number of para-hydroxylation sites is 1. The highest BCUT2D eigenvalue weighted by Gasteiger charge is 2.68. The molecule has 0 saturated carbocycles. The second-order valence-electron chi connectivity index (χ2n) is 12.1. The van der Waals surface area contributed by atoms with Crippen LogP contribution < -0.4 is 15.0 Å². The minimum absolute atomic E-state index is 0.0620. The molecular formula is C36H27ClF3N3O5. The number of anilines is 1. The lowest BCUT2D eigenvalue weighted by molar-refractivity contribution is -0.148. The number of hydrogen-bond acceptors (Lipinski definition) is 5. The summed E-state index contributed by atoms with van der Waals surface area (Å²) in [6.07, 6.45) is -3.01. The number of H-pyrrole nitrogens is 1. The highest BCUT2D eigenvalue weighted by molar-refractivity contribution is 6.32. The van der Waals surface area contributed by atoms with E-state index in [0.717, 1.165) is 33.5 Å². The number of carbonyl (C=O) groups is 3. The summed E-state index contributed by atoms with van der Waals surface area (Å²) >= 11 is 6.37. The van der Waals surface area contributed by atoms with Crippen molar-refractivity contribution in [3.8, 4) is 11.5 Å². The summed E-state index contributed by atoms with van der Waals surface area (Å²) in [7, 11) is 0. The fraction of sp³-hybridized carbons (Fsp3) is 0.194. The number of rotatable bonds is 7. The third-order valence-corrected chi connectivity index (χ3v) is 9.62. The molecule has 0 spiro atoms. The lowest BCUT2D eigenvalue weighted by atomic mass is 9.76. The number of aliphatic carboxylic acids is 1. The van der Waals surface area contributed by atoms with Crippen molar-refractivity contribution in [2.24, 2.45) is 11.8 Å². The van der Waals surface area contributed by atoms with Crippen LogP contribution in [0, 0.1) is 18.8 Å². The molecule has 2 saturated heterocycles. The molecule has 4 atom stereocenters. The molecule has 8 nitrogen and oxygen atoms in total. The Morgan fingerprint density at radius 2 is 1.69 bits per heavy atom. The van der Waals surface area contributed by atoms with Crippen molar-refractivity contribution in [2.75, 3.05) is 4.90 Å². The third kappa shape index (κ3) is 5.19. The molecule has 1 aromatic heterocycles. The molecule has 2 aliphatic heterocycles. The van der Waals surface area contributed by atoms with Crippen molar-refractivity contribution < 1.29 is 37.4 Å². The van der Waals surface area contributed by atoms with E-state index in [9.17, 15) is 32.7 Å². The topological polar surface area (TPSA) is 112 Å². The number of aromatic amines is 1. The fourth-order valence-corrected chi connectivity index (χ4v) is 7.10. The summed E-state index contributed by atoms with van der Waals surface area (Å²) in [6, 6.07) is 21.9. The van der Waals surface area contributed by atoms with Gasteiger partial charge in [0, 0.05) is 34.6 Å². The maximum atomic E-state index is 14.3. The van der Waals surface area contributed by atoms with Crippen molar-refractivity contribution in [1.82, 2.24) is 10.3 Å². The molecule has 2 fully saturated rings. The number of benzene rings is 4. The van der Waals surface area contributed by atoms with Gasteiger partial charge in [-0.1, -0.05) is 54.1 Å². The van der Waals surface area contributed by atoms with Crippen LogP contribution in [0.5, 0.6) is 11.5 Å². The number of aryl methyl sites for hydroxylation is 1. The number of imide groups is 1. The van der Waals surface area contributed by atoms with Crippen molar-refractivity contribution in [3.63, 3.8) is 0 Å². The maximum absolute atomic E-state index is 14.3. The van der Waals surface area contributed by atoms with E-state index >= 15 is 0 Å². The van der Waals surface area contributed by atoms with Gasteiger partial charge in [-0.2, -0.15) is 13.2 Å². The summed E-state index contributed by atoms with van der Waals surface area (Å²) in [6.45, 7) is 1.78. The molecule has 3 N–H and O–H groups in total. The second-order valence-corrected chi connectivity index (χ2v) is 12.5. The van der Waals surface area contributed by atoms with Gasteiger partial charge in [-0.3, -0.25) is 19.7 Å². The van der Waals surface area contributed by atoms with E-state index < -0.39 is 52.9 Å². The normalized spacial score (nSPS) is 22.4. The number of hydrogen-bond donors (Lipinski definition) is 3. The zero-order chi connectivity index (χ0) is 34.0.